The highest BCUT2D eigenvalue weighted by atomic mass is 35.5. The monoisotopic (exact) mass is 442 g/mol. The topological polar surface area (TPSA) is 25.2 Å². The first-order chi connectivity index (χ1) is 14.5. The first kappa shape index (κ1) is 22.5. The molecule has 0 aliphatic carbocycles. The van der Waals surface area contributed by atoms with Gasteiger partial charge in [0.15, 0.2) is 0 Å². The standard InChI is InChI=1S/C25H28Cl2N2O/c1-3-4-7-14-29(25(30)20-12-13-23(26)24(27)16-20)18-22-11-8-15-28(22)17-21-10-6-5-9-19(21)2/h5-6,8-13,15-16H,3-4,7,14,17-18H2,1-2H3. The van der Waals surface area contributed by atoms with E-state index < -0.39 is 0 Å². The Morgan fingerprint density at radius 1 is 1.00 bits per heavy atom. The molecule has 0 unspecified atom stereocenters. The number of aromatic nitrogens is 1. The average molecular weight is 443 g/mol. The van der Waals surface area contributed by atoms with E-state index in [1.54, 1.807) is 18.2 Å². The van der Waals surface area contributed by atoms with Gasteiger partial charge in [-0.15, -0.1) is 0 Å². The molecule has 2 aromatic carbocycles. The van der Waals surface area contributed by atoms with Crippen LogP contribution in [0.15, 0.2) is 60.8 Å². The van der Waals surface area contributed by atoms with Crippen LogP contribution in [0, 0.1) is 6.92 Å². The van der Waals surface area contributed by atoms with E-state index in [-0.39, 0.29) is 5.91 Å². The molecule has 5 heteroatoms. The summed E-state index contributed by atoms with van der Waals surface area (Å²) in [5, 5.41) is 0.858. The minimum Gasteiger partial charge on any atom is -0.345 e. The lowest BCUT2D eigenvalue weighted by atomic mass is 10.1. The molecule has 30 heavy (non-hydrogen) atoms. The second-order valence-electron chi connectivity index (χ2n) is 7.62. The molecule has 1 amide bonds. The van der Waals surface area contributed by atoms with Crippen LogP contribution in [-0.2, 0) is 13.1 Å². The molecule has 3 rings (SSSR count). The van der Waals surface area contributed by atoms with Crippen molar-refractivity contribution in [2.24, 2.45) is 0 Å². The number of amides is 1. The number of unbranched alkanes of at least 4 members (excludes halogenated alkanes) is 2. The summed E-state index contributed by atoms with van der Waals surface area (Å²) in [5.41, 5.74) is 4.23. The van der Waals surface area contributed by atoms with Gasteiger partial charge in [-0.25, -0.2) is 0 Å². The van der Waals surface area contributed by atoms with Crippen LogP contribution < -0.4 is 0 Å². The van der Waals surface area contributed by atoms with Gasteiger partial charge in [-0.3, -0.25) is 4.79 Å². The zero-order valence-corrected chi connectivity index (χ0v) is 19.1. The van der Waals surface area contributed by atoms with Crippen molar-refractivity contribution in [3.8, 4) is 0 Å². The first-order valence-corrected chi connectivity index (χ1v) is 11.2. The fourth-order valence-corrected chi connectivity index (χ4v) is 3.83. The third-order valence-electron chi connectivity index (χ3n) is 5.36. The van der Waals surface area contributed by atoms with E-state index >= 15 is 0 Å². The molecule has 0 N–H and O–H groups in total. The molecule has 3 nitrogen and oxygen atoms in total. The van der Waals surface area contributed by atoms with Gasteiger partial charge in [0.25, 0.3) is 5.91 Å². The van der Waals surface area contributed by atoms with Crippen molar-refractivity contribution in [3.63, 3.8) is 0 Å². The summed E-state index contributed by atoms with van der Waals surface area (Å²) in [7, 11) is 0. The van der Waals surface area contributed by atoms with Crippen LogP contribution in [0.1, 0.15) is 53.4 Å². The molecule has 0 aliphatic heterocycles. The van der Waals surface area contributed by atoms with Crippen LogP contribution >= 0.6 is 23.2 Å². The molecule has 0 radical (unpaired) electrons. The number of nitrogens with zero attached hydrogens (tertiary/aromatic N) is 2. The summed E-state index contributed by atoms with van der Waals surface area (Å²) in [6, 6.07) is 17.6. The third kappa shape index (κ3) is 5.68. The Labute approximate surface area is 189 Å². The smallest absolute Gasteiger partial charge is 0.254 e. The van der Waals surface area contributed by atoms with Crippen LogP contribution in [0.3, 0.4) is 0 Å². The number of hydrogen-bond donors (Lipinski definition) is 0. The second kappa shape index (κ2) is 10.7. The maximum atomic E-state index is 13.3. The molecule has 0 saturated carbocycles. The Bertz CT molecular complexity index is 996. The molecule has 0 aliphatic rings. The normalized spacial score (nSPS) is 10.9. The number of rotatable bonds is 9. The van der Waals surface area contributed by atoms with Gasteiger partial charge in [0.2, 0.25) is 0 Å². The van der Waals surface area contributed by atoms with E-state index in [1.165, 1.54) is 11.1 Å². The molecule has 0 fully saturated rings. The molecule has 0 atom stereocenters. The summed E-state index contributed by atoms with van der Waals surface area (Å²) in [6.45, 7) is 6.35. The predicted molar refractivity (Wildman–Crippen MR) is 125 cm³/mol. The summed E-state index contributed by atoms with van der Waals surface area (Å²) >= 11 is 12.2. The van der Waals surface area contributed by atoms with E-state index in [9.17, 15) is 4.79 Å². The number of hydrogen-bond acceptors (Lipinski definition) is 1. The van der Waals surface area contributed by atoms with Gasteiger partial charge in [0.05, 0.1) is 16.6 Å². The highest BCUT2D eigenvalue weighted by Crippen LogP contribution is 2.24. The molecule has 0 bridgehead atoms. The lowest BCUT2D eigenvalue weighted by Gasteiger charge is -2.24. The number of aryl methyl sites for hydroxylation is 1. The van der Waals surface area contributed by atoms with Crippen molar-refractivity contribution in [2.45, 2.75) is 46.2 Å². The number of halogens is 2. The molecule has 0 spiro atoms. The van der Waals surface area contributed by atoms with Crippen molar-refractivity contribution >= 4 is 29.1 Å². The molecular formula is C25H28Cl2N2O. The summed E-state index contributed by atoms with van der Waals surface area (Å²) < 4.78 is 2.22. The second-order valence-corrected chi connectivity index (χ2v) is 8.43. The Hall–Kier alpha value is -2.23. The number of carbonyl (C=O) groups is 1. The molecule has 1 aromatic heterocycles. The highest BCUT2D eigenvalue weighted by Gasteiger charge is 2.18. The Balaban J connectivity index is 1.81. The van der Waals surface area contributed by atoms with Gasteiger partial charge in [-0.2, -0.15) is 0 Å². The van der Waals surface area contributed by atoms with E-state index in [0.29, 0.717) is 28.7 Å². The van der Waals surface area contributed by atoms with Crippen LogP contribution in [0.4, 0.5) is 0 Å². The van der Waals surface area contributed by atoms with E-state index in [1.807, 2.05) is 11.0 Å². The fourth-order valence-electron chi connectivity index (χ4n) is 3.53. The van der Waals surface area contributed by atoms with Crippen LogP contribution in [-0.4, -0.2) is 21.9 Å². The molecule has 158 valence electrons. The van der Waals surface area contributed by atoms with Gasteiger partial charge < -0.3 is 9.47 Å². The molecular weight excluding hydrogens is 415 g/mol. The van der Waals surface area contributed by atoms with Gasteiger partial charge in [-0.05, 0) is 54.8 Å². The maximum Gasteiger partial charge on any atom is 0.254 e. The van der Waals surface area contributed by atoms with Gasteiger partial charge in [0.1, 0.15) is 0 Å². The molecule has 1 heterocycles. The SMILES string of the molecule is CCCCCN(Cc1cccn1Cc1ccccc1C)C(=O)c1ccc(Cl)c(Cl)c1. The Kier molecular flexibility index (Phi) is 8.01. The van der Waals surface area contributed by atoms with E-state index in [0.717, 1.165) is 31.5 Å². The minimum atomic E-state index is -0.0201. The quantitative estimate of drug-likeness (QED) is 0.328. The first-order valence-electron chi connectivity index (χ1n) is 10.4. The van der Waals surface area contributed by atoms with E-state index in [2.05, 4.69) is 54.9 Å². The van der Waals surface area contributed by atoms with Gasteiger partial charge >= 0.3 is 0 Å². The largest absolute Gasteiger partial charge is 0.345 e. The lowest BCUT2D eigenvalue weighted by Crippen LogP contribution is -2.32. The summed E-state index contributed by atoms with van der Waals surface area (Å²) in [4.78, 5) is 15.2. The van der Waals surface area contributed by atoms with Crippen LogP contribution in [0.2, 0.25) is 10.0 Å². The third-order valence-corrected chi connectivity index (χ3v) is 6.10. The van der Waals surface area contributed by atoms with Crippen molar-refractivity contribution in [1.29, 1.82) is 0 Å². The Morgan fingerprint density at radius 2 is 1.80 bits per heavy atom. The zero-order chi connectivity index (χ0) is 21.5. The van der Waals surface area contributed by atoms with Crippen molar-refractivity contribution in [2.75, 3.05) is 6.54 Å². The molecule has 0 saturated heterocycles. The van der Waals surface area contributed by atoms with Crippen molar-refractivity contribution in [1.82, 2.24) is 9.47 Å². The summed E-state index contributed by atoms with van der Waals surface area (Å²) in [5.74, 6) is -0.0201. The predicted octanol–water partition coefficient (Wildman–Crippen LogP) is 6.98. The minimum absolute atomic E-state index is 0.0201. The number of carbonyl (C=O) groups excluding carboxylic acids is 1. The van der Waals surface area contributed by atoms with Crippen molar-refractivity contribution in [3.05, 3.63) is 93.2 Å². The Morgan fingerprint density at radius 3 is 2.53 bits per heavy atom. The zero-order valence-electron chi connectivity index (χ0n) is 17.6. The maximum absolute atomic E-state index is 13.3. The van der Waals surface area contributed by atoms with Gasteiger partial charge in [0, 0.05) is 30.5 Å². The highest BCUT2D eigenvalue weighted by molar-refractivity contribution is 6.42. The number of benzene rings is 2. The van der Waals surface area contributed by atoms with Crippen LogP contribution in [0.5, 0.6) is 0 Å². The fraction of sp³-hybridized carbons (Fsp3) is 0.320. The summed E-state index contributed by atoms with van der Waals surface area (Å²) in [6.07, 6.45) is 5.26. The van der Waals surface area contributed by atoms with Crippen LogP contribution in [0.25, 0.3) is 0 Å². The lowest BCUT2D eigenvalue weighted by molar-refractivity contribution is 0.0736. The van der Waals surface area contributed by atoms with Crippen molar-refractivity contribution < 1.29 is 4.79 Å². The van der Waals surface area contributed by atoms with Gasteiger partial charge in [-0.1, -0.05) is 67.2 Å². The molecule has 3 aromatic rings. The van der Waals surface area contributed by atoms with E-state index in [4.69, 9.17) is 23.2 Å². The average Bonchev–Trinajstić information content (AvgIpc) is 3.17.